The molecule has 0 spiro atoms. The van der Waals surface area contributed by atoms with Crippen molar-refractivity contribution in [2.75, 3.05) is 7.05 Å². The lowest BCUT2D eigenvalue weighted by atomic mass is 10.0. The summed E-state index contributed by atoms with van der Waals surface area (Å²) in [7, 11) is 1.77. The monoisotopic (exact) mass is 271 g/mol. The number of pyridine rings is 1. The summed E-state index contributed by atoms with van der Waals surface area (Å²) in [6.45, 7) is 4.37. The van der Waals surface area contributed by atoms with Crippen molar-refractivity contribution in [3.63, 3.8) is 0 Å². The van der Waals surface area contributed by atoms with Crippen molar-refractivity contribution in [3.05, 3.63) is 42.2 Å². The van der Waals surface area contributed by atoms with Gasteiger partial charge in [0.1, 0.15) is 0 Å². The number of nitrogens with zero attached hydrogens (tertiary/aromatic N) is 2. The minimum Gasteiger partial charge on any atom is -0.338 e. The van der Waals surface area contributed by atoms with E-state index in [2.05, 4.69) is 4.98 Å². The van der Waals surface area contributed by atoms with Gasteiger partial charge in [0.15, 0.2) is 0 Å². The predicted octanol–water partition coefficient (Wildman–Crippen LogP) is 2.18. The molecule has 0 aliphatic carbocycles. The van der Waals surface area contributed by atoms with Gasteiger partial charge < -0.3 is 10.6 Å². The second-order valence-corrected chi connectivity index (χ2v) is 5.44. The van der Waals surface area contributed by atoms with Crippen molar-refractivity contribution in [1.29, 1.82) is 0 Å². The average Bonchev–Trinajstić information content (AvgIpc) is 2.46. The number of carbonyl (C=O) groups is 1. The molecule has 0 unspecified atom stereocenters. The van der Waals surface area contributed by atoms with Gasteiger partial charge in [0.25, 0.3) is 0 Å². The highest BCUT2D eigenvalue weighted by molar-refractivity contribution is 5.85. The van der Waals surface area contributed by atoms with Crippen LogP contribution in [0.5, 0.6) is 0 Å². The maximum Gasteiger partial charge on any atom is 0.239 e. The largest absolute Gasteiger partial charge is 0.338 e. The maximum atomic E-state index is 12.2. The van der Waals surface area contributed by atoms with Crippen molar-refractivity contribution in [2.45, 2.75) is 26.4 Å². The number of fused-ring (bicyclic) bond motifs is 1. The van der Waals surface area contributed by atoms with Crippen LogP contribution in [0.2, 0.25) is 0 Å². The van der Waals surface area contributed by atoms with Crippen molar-refractivity contribution >= 4 is 16.7 Å². The van der Waals surface area contributed by atoms with Gasteiger partial charge in [0.05, 0.1) is 18.3 Å². The Bertz CT molecular complexity index is 604. The van der Waals surface area contributed by atoms with Crippen LogP contribution in [-0.4, -0.2) is 28.9 Å². The number of carbonyl (C=O) groups excluding carboxylic acids is 1. The lowest BCUT2D eigenvalue weighted by molar-refractivity contribution is -0.132. The Morgan fingerprint density at radius 3 is 2.70 bits per heavy atom. The van der Waals surface area contributed by atoms with Crippen LogP contribution in [0.4, 0.5) is 0 Å². The van der Waals surface area contributed by atoms with Gasteiger partial charge in [-0.2, -0.15) is 0 Å². The number of hydrogen-bond donors (Lipinski definition) is 1. The molecule has 4 nitrogen and oxygen atoms in total. The summed E-state index contributed by atoms with van der Waals surface area (Å²) in [5.74, 6) is 0.0835. The van der Waals surface area contributed by atoms with Gasteiger partial charge in [0.2, 0.25) is 5.91 Å². The van der Waals surface area contributed by atoms with Crippen molar-refractivity contribution < 1.29 is 4.79 Å². The van der Waals surface area contributed by atoms with E-state index in [1.165, 1.54) is 0 Å². The molecule has 0 aliphatic rings. The van der Waals surface area contributed by atoms with E-state index in [4.69, 9.17) is 5.73 Å². The molecular formula is C16H21N3O. The first-order valence-corrected chi connectivity index (χ1v) is 6.84. The molecule has 0 saturated heterocycles. The second kappa shape index (κ2) is 6.01. The van der Waals surface area contributed by atoms with Gasteiger partial charge in [-0.15, -0.1) is 0 Å². The van der Waals surface area contributed by atoms with E-state index < -0.39 is 6.04 Å². The number of benzene rings is 1. The summed E-state index contributed by atoms with van der Waals surface area (Å²) in [5.41, 5.74) is 6.81. The van der Waals surface area contributed by atoms with E-state index in [0.717, 1.165) is 16.5 Å². The Morgan fingerprint density at radius 1 is 1.30 bits per heavy atom. The van der Waals surface area contributed by atoms with E-state index >= 15 is 0 Å². The van der Waals surface area contributed by atoms with E-state index in [0.29, 0.717) is 6.54 Å². The Morgan fingerprint density at radius 2 is 2.00 bits per heavy atom. The van der Waals surface area contributed by atoms with Crippen LogP contribution in [-0.2, 0) is 11.3 Å². The average molecular weight is 271 g/mol. The molecule has 0 aliphatic heterocycles. The molecule has 2 aromatic rings. The predicted molar refractivity (Wildman–Crippen MR) is 81.0 cm³/mol. The Kier molecular flexibility index (Phi) is 4.35. The molecule has 0 radical (unpaired) electrons. The van der Waals surface area contributed by atoms with Crippen LogP contribution < -0.4 is 5.73 Å². The molecule has 2 N–H and O–H groups in total. The third kappa shape index (κ3) is 2.96. The molecule has 2 rings (SSSR count). The molecule has 1 heterocycles. The number of nitrogens with two attached hydrogens (primary N) is 1. The maximum absolute atomic E-state index is 12.2. The molecule has 1 amide bonds. The topological polar surface area (TPSA) is 59.2 Å². The summed E-state index contributed by atoms with van der Waals surface area (Å²) < 4.78 is 0. The van der Waals surface area contributed by atoms with Crippen LogP contribution in [0.1, 0.15) is 19.5 Å². The molecule has 4 heteroatoms. The minimum absolute atomic E-state index is 0.0465. The Balaban J connectivity index is 2.22. The van der Waals surface area contributed by atoms with Gasteiger partial charge >= 0.3 is 0 Å². The molecule has 106 valence electrons. The fourth-order valence-electron chi connectivity index (χ4n) is 2.15. The molecule has 0 fully saturated rings. The highest BCUT2D eigenvalue weighted by Crippen LogP contribution is 2.17. The van der Waals surface area contributed by atoms with Gasteiger partial charge in [-0.3, -0.25) is 9.78 Å². The SMILES string of the molecule is CC(C)[C@H](N)C(=O)N(C)Cc1nccc2ccccc12. The first-order valence-electron chi connectivity index (χ1n) is 6.84. The smallest absolute Gasteiger partial charge is 0.239 e. The number of hydrogen-bond acceptors (Lipinski definition) is 3. The van der Waals surface area contributed by atoms with E-state index in [-0.39, 0.29) is 11.8 Å². The van der Waals surface area contributed by atoms with Crippen LogP contribution in [0.3, 0.4) is 0 Å². The fourth-order valence-corrected chi connectivity index (χ4v) is 2.15. The van der Waals surface area contributed by atoms with Crippen LogP contribution in [0.25, 0.3) is 10.8 Å². The molecule has 1 aromatic carbocycles. The highest BCUT2D eigenvalue weighted by atomic mass is 16.2. The number of amides is 1. The first-order chi connectivity index (χ1) is 9.50. The fraction of sp³-hybridized carbons (Fsp3) is 0.375. The third-order valence-electron chi connectivity index (χ3n) is 3.52. The number of likely N-dealkylation sites (N-methyl/N-ethyl adjacent to an activating group) is 1. The van der Waals surface area contributed by atoms with E-state index in [1.807, 2.05) is 44.2 Å². The highest BCUT2D eigenvalue weighted by Gasteiger charge is 2.21. The number of aromatic nitrogens is 1. The summed E-state index contributed by atoms with van der Waals surface area (Å²) in [6.07, 6.45) is 1.78. The molecular weight excluding hydrogens is 250 g/mol. The van der Waals surface area contributed by atoms with E-state index in [9.17, 15) is 4.79 Å². The van der Waals surface area contributed by atoms with Crippen molar-refractivity contribution in [3.8, 4) is 0 Å². The first kappa shape index (κ1) is 14.5. The van der Waals surface area contributed by atoms with Crippen LogP contribution >= 0.6 is 0 Å². The van der Waals surface area contributed by atoms with Crippen LogP contribution in [0.15, 0.2) is 36.5 Å². The Labute approximate surface area is 119 Å². The van der Waals surface area contributed by atoms with Crippen molar-refractivity contribution in [2.24, 2.45) is 11.7 Å². The van der Waals surface area contributed by atoms with Gasteiger partial charge in [0, 0.05) is 18.6 Å². The van der Waals surface area contributed by atoms with Gasteiger partial charge in [-0.05, 0) is 17.4 Å². The standard InChI is InChI=1S/C16H21N3O/c1-11(2)15(17)16(20)19(3)10-14-13-7-5-4-6-12(13)8-9-18-14/h4-9,11,15H,10,17H2,1-3H3/t15-/m0/s1. The summed E-state index contributed by atoms with van der Waals surface area (Å²) in [5, 5.41) is 2.21. The van der Waals surface area contributed by atoms with E-state index in [1.54, 1.807) is 18.1 Å². The summed E-state index contributed by atoms with van der Waals surface area (Å²) in [6, 6.07) is 9.56. The van der Waals surface area contributed by atoms with Gasteiger partial charge in [-0.1, -0.05) is 38.1 Å². The normalized spacial score (nSPS) is 12.7. The van der Waals surface area contributed by atoms with Gasteiger partial charge in [-0.25, -0.2) is 0 Å². The second-order valence-electron chi connectivity index (χ2n) is 5.44. The number of rotatable bonds is 4. The molecule has 1 atom stereocenters. The van der Waals surface area contributed by atoms with Crippen molar-refractivity contribution in [1.82, 2.24) is 9.88 Å². The zero-order chi connectivity index (χ0) is 14.7. The molecule has 1 aromatic heterocycles. The quantitative estimate of drug-likeness (QED) is 0.927. The Hall–Kier alpha value is -1.94. The molecule has 0 saturated carbocycles. The zero-order valence-corrected chi connectivity index (χ0v) is 12.2. The molecule has 20 heavy (non-hydrogen) atoms. The summed E-state index contributed by atoms with van der Waals surface area (Å²) >= 11 is 0. The molecule has 0 bridgehead atoms. The lowest BCUT2D eigenvalue weighted by Crippen LogP contribution is -2.44. The lowest BCUT2D eigenvalue weighted by Gasteiger charge is -2.23. The summed E-state index contributed by atoms with van der Waals surface area (Å²) in [4.78, 5) is 18.2. The zero-order valence-electron chi connectivity index (χ0n) is 12.2. The minimum atomic E-state index is -0.463. The third-order valence-corrected chi connectivity index (χ3v) is 3.52. The van der Waals surface area contributed by atoms with Crippen LogP contribution in [0, 0.1) is 5.92 Å².